The van der Waals surface area contributed by atoms with Crippen LogP contribution in [0.5, 0.6) is 0 Å². The Kier molecular flexibility index (Phi) is 10.2. The average Bonchev–Trinajstić information content (AvgIpc) is 2.76. The van der Waals surface area contributed by atoms with E-state index in [4.69, 9.17) is 4.74 Å². The number of piperidine rings is 1. The van der Waals surface area contributed by atoms with E-state index < -0.39 is 0 Å². The van der Waals surface area contributed by atoms with Gasteiger partial charge in [-0.15, -0.1) is 0 Å². The second kappa shape index (κ2) is 12.9. The minimum absolute atomic E-state index is 0.00477. The Hall–Kier alpha value is -2.57. The minimum atomic E-state index is -0.281. The summed E-state index contributed by atoms with van der Waals surface area (Å²) in [4.78, 5) is 37.5. The molecule has 1 aromatic carbocycles. The number of benzene rings is 1. The molecule has 3 amide bonds. The molecule has 1 fully saturated rings. The van der Waals surface area contributed by atoms with Gasteiger partial charge in [-0.05, 0) is 50.2 Å². The van der Waals surface area contributed by atoms with Gasteiger partial charge in [-0.1, -0.05) is 31.2 Å². The first-order valence-electron chi connectivity index (χ1n) is 11.1. The second-order valence-electron chi connectivity index (χ2n) is 7.65. The predicted molar refractivity (Wildman–Crippen MR) is 116 cm³/mol. The van der Waals surface area contributed by atoms with Crippen LogP contribution in [-0.4, -0.2) is 55.1 Å². The first kappa shape index (κ1) is 23.7. The summed E-state index contributed by atoms with van der Waals surface area (Å²) in [5, 5.41) is 5.91. The van der Waals surface area contributed by atoms with Crippen LogP contribution in [0.3, 0.4) is 0 Å². The highest BCUT2D eigenvalue weighted by Gasteiger charge is 2.24. The highest BCUT2D eigenvalue weighted by atomic mass is 16.6. The largest absolute Gasteiger partial charge is 0.450 e. The summed E-state index contributed by atoms with van der Waals surface area (Å²) >= 11 is 0. The number of rotatable bonds is 10. The maximum Gasteiger partial charge on any atom is 0.409 e. The molecule has 1 aliphatic heterocycles. The van der Waals surface area contributed by atoms with Crippen LogP contribution in [0, 0.1) is 0 Å². The summed E-state index contributed by atoms with van der Waals surface area (Å²) in [7, 11) is 0. The maximum absolute atomic E-state index is 12.1. The number of carbonyl (C=O) groups is 3. The van der Waals surface area contributed by atoms with E-state index in [1.54, 1.807) is 11.8 Å². The normalized spacial score (nSPS) is 14.3. The molecule has 166 valence electrons. The molecule has 0 atom stereocenters. The average molecular weight is 418 g/mol. The topological polar surface area (TPSA) is 87.7 Å². The lowest BCUT2D eigenvalue weighted by molar-refractivity contribution is -0.123. The highest BCUT2D eigenvalue weighted by molar-refractivity contribution is 5.77. The van der Waals surface area contributed by atoms with Gasteiger partial charge in [0.05, 0.1) is 6.61 Å². The predicted octanol–water partition coefficient (Wildman–Crippen LogP) is 2.82. The first-order valence-corrected chi connectivity index (χ1v) is 11.1. The van der Waals surface area contributed by atoms with Gasteiger partial charge in [0.2, 0.25) is 11.8 Å². The molecule has 7 nitrogen and oxygen atoms in total. The second-order valence-corrected chi connectivity index (χ2v) is 7.65. The molecule has 0 unspecified atom stereocenters. The van der Waals surface area contributed by atoms with E-state index in [-0.39, 0.29) is 23.9 Å². The third-order valence-electron chi connectivity index (χ3n) is 5.36. The molecule has 0 bridgehead atoms. The number of amides is 3. The fraction of sp³-hybridized carbons (Fsp3) is 0.609. The molecular weight excluding hydrogens is 382 g/mol. The highest BCUT2D eigenvalue weighted by Crippen LogP contribution is 2.12. The summed E-state index contributed by atoms with van der Waals surface area (Å²) in [5.41, 5.74) is 2.46. The number of hydrogen-bond acceptors (Lipinski definition) is 4. The minimum Gasteiger partial charge on any atom is -0.450 e. The van der Waals surface area contributed by atoms with Gasteiger partial charge in [0, 0.05) is 38.5 Å². The van der Waals surface area contributed by atoms with Crippen molar-refractivity contribution in [3.8, 4) is 0 Å². The smallest absolute Gasteiger partial charge is 0.409 e. The summed E-state index contributed by atoms with van der Waals surface area (Å²) in [6, 6.07) is 8.46. The molecule has 1 saturated heterocycles. The summed E-state index contributed by atoms with van der Waals surface area (Å²) < 4.78 is 5.00. The third kappa shape index (κ3) is 8.43. The zero-order chi connectivity index (χ0) is 21.8. The van der Waals surface area contributed by atoms with Crippen molar-refractivity contribution >= 4 is 17.9 Å². The SMILES string of the molecule is CCOC(=O)N1CCC(NC(=O)CCCNC(=O)CCc2ccc(CC)cc2)CC1. The van der Waals surface area contributed by atoms with Crippen molar-refractivity contribution < 1.29 is 19.1 Å². The van der Waals surface area contributed by atoms with Crippen molar-refractivity contribution in [2.75, 3.05) is 26.2 Å². The van der Waals surface area contributed by atoms with Crippen molar-refractivity contribution in [1.82, 2.24) is 15.5 Å². The monoisotopic (exact) mass is 417 g/mol. The van der Waals surface area contributed by atoms with Gasteiger partial charge >= 0.3 is 6.09 Å². The van der Waals surface area contributed by atoms with E-state index >= 15 is 0 Å². The van der Waals surface area contributed by atoms with Gasteiger partial charge in [-0.3, -0.25) is 9.59 Å². The van der Waals surface area contributed by atoms with Crippen LogP contribution in [0.4, 0.5) is 4.79 Å². The molecule has 30 heavy (non-hydrogen) atoms. The van der Waals surface area contributed by atoms with Crippen molar-refractivity contribution in [2.45, 2.75) is 64.8 Å². The maximum atomic E-state index is 12.1. The van der Waals surface area contributed by atoms with Crippen LogP contribution in [0.25, 0.3) is 0 Å². The van der Waals surface area contributed by atoms with E-state index in [1.165, 1.54) is 5.56 Å². The number of hydrogen-bond donors (Lipinski definition) is 2. The van der Waals surface area contributed by atoms with Crippen LogP contribution >= 0.6 is 0 Å². The number of nitrogens with zero attached hydrogens (tertiary/aromatic N) is 1. The summed E-state index contributed by atoms with van der Waals surface area (Å²) in [6.45, 7) is 5.98. The molecule has 0 aliphatic carbocycles. The van der Waals surface area contributed by atoms with E-state index in [0.29, 0.717) is 45.5 Å². The lowest BCUT2D eigenvalue weighted by atomic mass is 10.1. The Morgan fingerprint density at radius 1 is 1.00 bits per heavy atom. The number of likely N-dealkylation sites (tertiary alicyclic amines) is 1. The Morgan fingerprint density at radius 2 is 1.67 bits per heavy atom. The Morgan fingerprint density at radius 3 is 2.30 bits per heavy atom. The third-order valence-corrected chi connectivity index (χ3v) is 5.36. The van der Waals surface area contributed by atoms with Crippen LogP contribution < -0.4 is 10.6 Å². The quantitative estimate of drug-likeness (QED) is 0.573. The van der Waals surface area contributed by atoms with Crippen LogP contribution in [0.1, 0.15) is 57.1 Å². The Balaban J connectivity index is 1.53. The van der Waals surface area contributed by atoms with Gasteiger partial charge in [0.1, 0.15) is 0 Å². The van der Waals surface area contributed by atoms with Gasteiger partial charge in [-0.2, -0.15) is 0 Å². The zero-order valence-corrected chi connectivity index (χ0v) is 18.2. The number of ether oxygens (including phenoxy) is 1. The van der Waals surface area contributed by atoms with Crippen molar-refractivity contribution in [3.63, 3.8) is 0 Å². The molecule has 0 spiro atoms. The molecule has 0 radical (unpaired) electrons. The lowest BCUT2D eigenvalue weighted by Gasteiger charge is -2.31. The first-order chi connectivity index (χ1) is 14.5. The summed E-state index contributed by atoms with van der Waals surface area (Å²) in [6.07, 6.45) is 4.39. The fourth-order valence-electron chi connectivity index (χ4n) is 3.49. The Labute approximate surface area is 179 Å². The molecule has 2 N–H and O–H groups in total. The van der Waals surface area contributed by atoms with Crippen LogP contribution in [0.15, 0.2) is 24.3 Å². The zero-order valence-electron chi connectivity index (χ0n) is 18.2. The Bertz CT molecular complexity index is 682. The molecule has 1 aromatic rings. The molecule has 0 aromatic heterocycles. The molecule has 1 heterocycles. The van der Waals surface area contributed by atoms with E-state index in [1.807, 2.05) is 0 Å². The molecule has 2 rings (SSSR count). The van der Waals surface area contributed by atoms with Crippen molar-refractivity contribution in [3.05, 3.63) is 35.4 Å². The number of nitrogens with one attached hydrogen (secondary N) is 2. The molecule has 7 heteroatoms. The molecule has 1 aliphatic rings. The lowest BCUT2D eigenvalue weighted by Crippen LogP contribution is -2.46. The number of carbonyl (C=O) groups excluding carboxylic acids is 3. The standard InChI is InChI=1S/C23H35N3O4/c1-3-18-7-9-19(10-8-18)11-12-21(27)24-15-5-6-22(28)25-20-13-16-26(17-14-20)23(29)30-4-2/h7-10,20H,3-6,11-17H2,1-2H3,(H,24,27)(H,25,28). The van der Waals surface area contributed by atoms with E-state index in [9.17, 15) is 14.4 Å². The number of aryl methyl sites for hydroxylation is 2. The fourth-order valence-corrected chi connectivity index (χ4v) is 3.49. The van der Waals surface area contributed by atoms with Crippen LogP contribution in [-0.2, 0) is 27.2 Å². The molecular formula is C23H35N3O4. The van der Waals surface area contributed by atoms with E-state index in [0.717, 1.165) is 31.2 Å². The van der Waals surface area contributed by atoms with Gasteiger partial charge < -0.3 is 20.3 Å². The van der Waals surface area contributed by atoms with Crippen molar-refractivity contribution in [1.29, 1.82) is 0 Å². The van der Waals surface area contributed by atoms with Gasteiger partial charge in [0.15, 0.2) is 0 Å². The van der Waals surface area contributed by atoms with Gasteiger partial charge in [0.25, 0.3) is 0 Å². The van der Waals surface area contributed by atoms with E-state index in [2.05, 4.69) is 41.8 Å². The van der Waals surface area contributed by atoms with Gasteiger partial charge in [-0.25, -0.2) is 4.79 Å². The van der Waals surface area contributed by atoms with Crippen molar-refractivity contribution in [2.24, 2.45) is 0 Å². The van der Waals surface area contributed by atoms with Crippen LogP contribution in [0.2, 0.25) is 0 Å². The summed E-state index contributed by atoms with van der Waals surface area (Å²) in [5.74, 6) is 0.0103. The molecule has 0 saturated carbocycles.